The maximum absolute atomic E-state index is 12.6. The van der Waals surface area contributed by atoms with Crippen LogP contribution >= 0.6 is 0 Å². The van der Waals surface area contributed by atoms with E-state index in [2.05, 4.69) is 5.32 Å². The van der Waals surface area contributed by atoms with Gasteiger partial charge in [0.05, 0.1) is 12.0 Å². The van der Waals surface area contributed by atoms with E-state index < -0.39 is 12.1 Å². The molecule has 0 bridgehead atoms. The van der Waals surface area contributed by atoms with Crippen molar-refractivity contribution in [3.05, 3.63) is 23.8 Å². The zero-order chi connectivity index (χ0) is 15.0. The van der Waals surface area contributed by atoms with Crippen LogP contribution in [0.15, 0.2) is 18.2 Å². The summed E-state index contributed by atoms with van der Waals surface area (Å²) < 4.78 is 43.4. The largest absolute Gasteiger partial charge is 0.508 e. The van der Waals surface area contributed by atoms with Crippen molar-refractivity contribution in [2.45, 2.75) is 43.9 Å². The molecule has 0 amide bonds. The topological polar surface area (TPSA) is 41.5 Å². The molecule has 6 heteroatoms. The van der Waals surface area contributed by atoms with Gasteiger partial charge in [-0.1, -0.05) is 0 Å². The van der Waals surface area contributed by atoms with Crippen LogP contribution in [0.3, 0.4) is 0 Å². The highest BCUT2D eigenvalue weighted by Crippen LogP contribution is 2.39. The molecule has 1 fully saturated rings. The van der Waals surface area contributed by atoms with Gasteiger partial charge in [0.1, 0.15) is 18.1 Å². The molecule has 3 nitrogen and oxygen atoms in total. The Morgan fingerprint density at radius 3 is 2.52 bits per heavy atom. The molecule has 1 atom stereocenters. The number of hydrogen-bond donors (Lipinski definition) is 2. The number of phenolic OH excluding ortho intramolecular Hbond substituents is 1. The van der Waals surface area contributed by atoms with Gasteiger partial charge in [0, 0.05) is 17.7 Å². The van der Waals surface area contributed by atoms with Crippen molar-refractivity contribution in [3.8, 4) is 11.5 Å². The Hall–Kier alpha value is -1.43. The lowest BCUT2D eigenvalue weighted by Crippen LogP contribution is -2.39. The van der Waals surface area contributed by atoms with Crippen LogP contribution in [0.2, 0.25) is 0 Å². The summed E-state index contributed by atoms with van der Waals surface area (Å²) in [5, 5.41) is 12.8. The van der Waals surface area contributed by atoms with Crippen LogP contribution in [-0.2, 0) is 0 Å². The number of rotatable bonds is 2. The van der Waals surface area contributed by atoms with E-state index in [0.717, 1.165) is 5.56 Å². The van der Waals surface area contributed by atoms with E-state index in [-0.39, 0.29) is 30.7 Å². The molecule has 1 heterocycles. The van der Waals surface area contributed by atoms with Crippen LogP contribution in [0, 0.1) is 5.92 Å². The highest BCUT2D eigenvalue weighted by Gasteiger charge is 2.41. The Morgan fingerprint density at radius 2 is 1.86 bits per heavy atom. The standard InChI is InChI=1S/C15H18F3NO2/c16-15(17,18)9-1-3-10(4-2-9)19-13-8-21-14-7-11(20)5-6-12(13)14/h5-7,9-10,13,19-20H,1-4,8H2. The summed E-state index contributed by atoms with van der Waals surface area (Å²) in [6, 6.07) is 5.06. The number of aromatic hydroxyl groups is 1. The predicted octanol–water partition coefficient (Wildman–Crippen LogP) is 3.54. The van der Waals surface area contributed by atoms with Gasteiger partial charge >= 0.3 is 6.18 Å². The van der Waals surface area contributed by atoms with Gasteiger partial charge in [-0.15, -0.1) is 0 Å². The van der Waals surface area contributed by atoms with Crippen molar-refractivity contribution < 1.29 is 23.0 Å². The van der Waals surface area contributed by atoms with Crippen molar-refractivity contribution in [1.29, 1.82) is 0 Å². The van der Waals surface area contributed by atoms with Gasteiger partial charge in [-0.25, -0.2) is 0 Å². The Morgan fingerprint density at radius 1 is 1.14 bits per heavy atom. The first-order valence-electron chi connectivity index (χ1n) is 7.22. The zero-order valence-electron chi connectivity index (χ0n) is 11.5. The molecule has 2 aliphatic rings. The van der Waals surface area contributed by atoms with Gasteiger partial charge in [-0.3, -0.25) is 0 Å². The predicted molar refractivity (Wildman–Crippen MR) is 71.3 cm³/mol. The van der Waals surface area contributed by atoms with Crippen molar-refractivity contribution in [2.24, 2.45) is 5.92 Å². The number of benzene rings is 1. The second-order valence-electron chi connectivity index (χ2n) is 5.84. The second-order valence-corrected chi connectivity index (χ2v) is 5.84. The third-order valence-electron chi connectivity index (χ3n) is 4.41. The lowest BCUT2D eigenvalue weighted by molar-refractivity contribution is -0.182. The van der Waals surface area contributed by atoms with E-state index in [0.29, 0.717) is 25.2 Å². The zero-order valence-corrected chi connectivity index (χ0v) is 11.5. The van der Waals surface area contributed by atoms with Crippen molar-refractivity contribution in [3.63, 3.8) is 0 Å². The minimum atomic E-state index is -4.06. The molecule has 1 saturated carbocycles. The normalized spacial score (nSPS) is 29.0. The smallest absolute Gasteiger partial charge is 0.391 e. The van der Waals surface area contributed by atoms with Crippen molar-refractivity contribution >= 4 is 0 Å². The molecule has 1 aromatic carbocycles. The lowest BCUT2D eigenvalue weighted by atomic mass is 9.85. The second kappa shape index (κ2) is 5.40. The van der Waals surface area contributed by atoms with Gasteiger partial charge in [0.2, 0.25) is 0 Å². The fourth-order valence-electron chi connectivity index (χ4n) is 3.21. The van der Waals surface area contributed by atoms with E-state index in [9.17, 15) is 18.3 Å². The SMILES string of the molecule is Oc1ccc2c(c1)OCC2NC1CCC(C(F)(F)F)CC1. The molecule has 1 aliphatic carbocycles. The average Bonchev–Trinajstić information content (AvgIpc) is 2.80. The fourth-order valence-corrected chi connectivity index (χ4v) is 3.21. The number of hydrogen-bond acceptors (Lipinski definition) is 3. The summed E-state index contributed by atoms with van der Waals surface area (Å²) in [5.41, 5.74) is 0.964. The maximum Gasteiger partial charge on any atom is 0.391 e. The lowest BCUT2D eigenvalue weighted by Gasteiger charge is -2.31. The Balaban J connectivity index is 1.58. The minimum Gasteiger partial charge on any atom is -0.508 e. The summed E-state index contributed by atoms with van der Waals surface area (Å²) in [7, 11) is 0. The van der Waals surface area contributed by atoms with Gasteiger partial charge in [0.15, 0.2) is 0 Å². The number of phenols is 1. The molecule has 0 saturated heterocycles. The first-order valence-corrected chi connectivity index (χ1v) is 7.22. The summed E-state index contributed by atoms with van der Waals surface area (Å²) in [5.74, 6) is -0.351. The van der Waals surface area contributed by atoms with E-state index in [1.807, 2.05) is 0 Å². The van der Waals surface area contributed by atoms with E-state index >= 15 is 0 Å². The molecule has 2 N–H and O–H groups in total. The quantitative estimate of drug-likeness (QED) is 0.878. The Kier molecular flexibility index (Phi) is 3.73. The van der Waals surface area contributed by atoms with Gasteiger partial charge < -0.3 is 15.2 Å². The molecule has 1 aromatic rings. The van der Waals surface area contributed by atoms with Crippen molar-refractivity contribution in [2.75, 3.05) is 6.61 Å². The van der Waals surface area contributed by atoms with E-state index in [4.69, 9.17) is 4.74 Å². The fraction of sp³-hybridized carbons (Fsp3) is 0.600. The van der Waals surface area contributed by atoms with Crippen LogP contribution < -0.4 is 10.1 Å². The molecular weight excluding hydrogens is 283 g/mol. The molecule has 0 aromatic heterocycles. The molecular formula is C15H18F3NO2. The van der Waals surface area contributed by atoms with Crippen LogP contribution in [0.5, 0.6) is 11.5 Å². The van der Waals surface area contributed by atoms with Crippen LogP contribution in [0.25, 0.3) is 0 Å². The summed E-state index contributed by atoms with van der Waals surface area (Å²) in [4.78, 5) is 0. The third-order valence-corrected chi connectivity index (χ3v) is 4.41. The maximum atomic E-state index is 12.6. The number of fused-ring (bicyclic) bond motifs is 1. The number of ether oxygens (including phenoxy) is 1. The van der Waals surface area contributed by atoms with Crippen LogP contribution in [0.1, 0.15) is 37.3 Å². The molecule has 0 radical (unpaired) electrons. The minimum absolute atomic E-state index is 0.00645. The third kappa shape index (κ3) is 3.10. The molecule has 1 aliphatic heterocycles. The molecule has 116 valence electrons. The first-order chi connectivity index (χ1) is 9.93. The molecule has 21 heavy (non-hydrogen) atoms. The average molecular weight is 301 g/mol. The summed E-state index contributed by atoms with van der Waals surface area (Å²) in [6.07, 6.45) is -2.61. The van der Waals surface area contributed by atoms with E-state index in [1.54, 1.807) is 18.2 Å². The summed E-state index contributed by atoms with van der Waals surface area (Å²) >= 11 is 0. The van der Waals surface area contributed by atoms with Crippen LogP contribution in [-0.4, -0.2) is 23.9 Å². The Labute approximate surface area is 121 Å². The number of halogens is 3. The van der Waals surface area contributed by atoms with Gasteiger partial charge in [-0.2, -0.15) is 13.2 Å². The monoisotopic (exact) mass is 301 g/mol. The molecule has 1 unspecified atom stereocenters. The van der Waals surface area contributed by atoms with Gasteiger partial charge in [-0.05, 0) is 37.8 Å². The number of alkyl halides is 3. The van der Waals surface area contributed by atoms with Crippen LogP contribution in [0.4, 0.5) is 13.2 Å². The molecule has 3 rings (SSSR count). The highest BCUT2D eigenvalue weighted by molar-refractivity contribution is 5.44. The van der Waals surface area contributed by atoms with Crippen molar-refractivity contribution in [1.82, 2.24) is 5.32 Å². The van der Waals surface area contributed by atoms with E-state index in [1.165, 1.54) is 0 Å². The Bertz CT molecular complexity index is 510. The number of nitrogens with one attached hydrogen (secondary N) is 1. The first kappa shape index (κ1) is 14.5. The van der Waals surface area contributed by atoms with Gasteiger partial charge in [0.25, 0.3) is 0 Å². The molecule has 0 spiro atoms. The summed E-state index contributed by atoms with van der Waals surface area (Å²) in [6.45, 7) is 0.456. The highest BCUT2D eigenvalue weighted by atomic mass is 19.4.